The lowest BCUT2D eigenvalue weighted by Crippen LogP contribution is -1.83. The van der Waals surface area contributed by atoms with E-state index in [2.05, 4.69) is 18.3 Å². The van der Waals surface area contributed by atoms with Crippen LogP contribution in [0.1, 0.15) is 12.5 Å². The van der Waals surface area contributed by atoms with Gasteiger partial charge < -0.3 is 0 Å². The zero-order valence-corrected chi connectivity index (χ0v) is 7.83. The fourth-order valence-electron chi connectivity index (χ4n) is 1.14. The van der Waals surface area contributed by atoms with Crippen LogP contribution in [0.4, 0.5) is 0 Å². The van der Waals surface area contributed by atoms with Crippen molar-refractivity contribution < 1.29 is 0 Å². The third-order valence-electron chi connectivity index (χ3n) is 1.76. The molecule has 0 unspecified atom stereocenters. The Hall–Kier alpha value is -1.63. The smallest absolute Gasteiger partial charge is 0.0341 e. The second-order valence-electron chi connectivity index (χ2n) is 2.87. The van der Waals surface area contributed by atoms with Gasteiger partial charge in [0.2, 0.25) is 0 Å². The van der Waals surface area contributed by atoms with Crippen LogP contribution < -0.4 is 0 Å². The standard InChI is InChI=1S/C12H13N/c1-10(2)12(9-13-3)11-7-5-4-6-8-11/h4-9H,1,3H2,2H3/b12-9+. The molecule has 0 amide bonds. The first kappa shape index (κ1) is 9.46. The quantitative estimate of drug-likeness (QED) is 0.488. The van der Waals surface area contributed by atoms with Gasteiger partial charge in [-0.1, -0.05) is 36.9 Å². The highest BCUT2D eigenvalue weighted by atomic mass is 14.6. The highest BCUT2D eigenvalue weighted by Gasteiger charge is 1.99. The van der Waals surface area contributed by atoms with Crippen LogP contribution in [-0.4, -0.2) is 6.72 Å². The van der Waals surface area contributed by atoms with Gasteiger partial charge in [0.1, 0.15) is 0 Å². The molecule has 0 heterocycles. The Morgan fingerprint density at radius 2 is 1.92 bits per heavy atom. The fourth-order valence-corrected chi connectivity index (χ4v) is 1.14. The van der Waals surface area contributed by atoms with Gasteiger partial charge in [0.25, 0.3) is 0 Å². The Bertz CT molecular complexity index is 333. The molecule has 1 aromatic carbocycles. The minimum Gasteiger partial charge on any atom is -0.272 e. The van der Waals surface area contributed by atoms with Crippen LogP contribution in [0.25, 0.3) is 5.57 Å². The largest absolute Gasteiger partial charge is 0.272 e. The SMILES string of the molecule is C=N/C=C(\C(=C)C)c1ccccc1. The summed E-state index contributed by atoms with van der Waals surface area (Å²) in [5.41, 5.74) is 3.16. The summed E-state index contributed by atoms with van der Waals surface area (Å²) in [6.45, 7) is 9.30. The summed E-state index contributed by atoms with van der Waals surface area (Å²) in [4.78, 5) is 3.76. The molecule has 1 nitrogen and oxygen atoms in total. The molecule has 0 spiro atoms. The molecule has 1 heteroatoms. The van der Waals surface area contributed by atoms with Crippen LogP contribution in [0.5, 0.6) is 0 Å². The van der Waals surface area contributed by atoms with Gasteiger partial charge in [0.15, 0.2) is 0 Å². The highest BCUT2D eigenvalue weighted by Crippen LogP contribution is 2.20. The van der Waals surface area contributed by atoms with Crippen molar-refractivity contribution in [3.05, 3.63) is 54.2 Å². The van der Waals surface area contributed by atoms with Crippen molar-refractivity contribution in [1.29, 1.82) is 0 Å². The minimum atomic E-state index is 0.999. The molecule has 0 fully saturated rings. The summed E-state index contributed by atoms with van der Waals surface area (Å²) < 4.78 is 0. The molecule has 0 aliphatic carbocycles. The molecular weight excluding hydrogens is 158 g/mol. The van der Waals surface area contributed by atoms with E-state index in [4.69, 9.17) is 0 Å². The van der Waals surface area contributed by atoms with Crippen LogP contribution in [0.2, 0.25) is 0 Å². The van der Waals surface area contributed by atoms with E-state index in [1.807, 2.05) is 37.3 Å². The summed E-state index contributed by atoms with van der Waals surface area (Å²) in [5, 5.41) is 0. The van der Waals surface area contributed by atoms with Gasteiger partial charge in [-0.15, -0.1) is 0 Å². The summed E-state index contributed by atoms with van der Waals surface area (Å²) >= 11 is 0. The number of hydrogen-bond acceptors (Lipinski definition) is 1. The Kier molecular flexibility index (Phi) is 3.21. The molecule has 0 bridgehead atoms. The van der Waals surface area contributed by atoms with E-state index < -0.39 is 0 Å². The van der Waals surface area contributed by atoms with Gasteiger partial charge in [-0.05, 0) is 24.8 Å². The minimum absolute atomic E-state index is 0.999. The maximum absolute atomic E-state index is 3.89. The molecule has 0 aromatic heterocycles. The molecule has 0 atom stereocenters. The molecule has 0 saturated heterocycles. The van der Waals surface area contributed by atoms with Gasteiger partial charge in [-0.25, -0.2) is 0 Å². The second kappa shape index (κ2) is 4.41. The van der Waals surface area contributed by atoms with Crippen LogP contribution in [0.3, 0.4) is 0 Å². The van der Waals surface area contributed by atoms with Crippen molar-refractivity contribution in [3.8, 4) is 0 Å². The lowest BCUT2D eigenvalue weighted by atomic mass is 10.0. The Labute approximate surface area is 79.1 Å². The summed E-state index contributed by atoms with van der Waals surface area (Å²) in [7, 11) is 0. The summed E-state index contributed by atoms with van der Waals surface area (Å²) in [6, 6.07) is 10.0. The number of rotatable bonds is 3. The molecule has 1 aromatic rings. The van der Waals surface area contributed by atoms with Crippen LogP contribution >= 0.6 is 0 Å². The zero-order chi connectivity index (χ0) is 9.68. The molecule has 0 N–H and O–H groups in total. The van der Waals surface area contributed by atoms with Crippen LogP contribution in [0.15, 0.2) is 53.7 Å². The normalized spacial score (nSPS) is 11.0. The van der Waals surface area contributed by atoms with Crippen LogP contribution in [0, 0.1) is 0 Å². The van der Waals surface area contributed by atoms with Gasteiger partial charge in [-0.2, -0.15) is 0 Å². The first-order valence-corrected chi connectivity index (χ1v) is 4.13. The first-order valence-electron chi connectivity index (χ1n) is 4.13. The summed E-state index contributed by atoms with van der Waals surface area (Å²) in [6.07, 6.45) is 1.73. The van der Waals surface area contributed by atoms with E-state index >= 15 is 0 Å². The Morgan fingerprint density at radius 1 is 1.31 bits per heavy atom. The monoisotopic (exact) mass is 171 g/mol. The van der Waals surface area contributed by atoms with E-state index in [-0.39, 0.29) is 0 Å². The Morgan fingerprint density at radius 3 is 2.38 bits per heavy atom. The molecule has 13 heavy (non-hydrogen) atoms. The molecule has 1 rings (SSSR count). The average Bonchev–Trinajstić information content (AvgIpc) is 2.15. The van der Waals surface area contributed by atoms with Crippen molar-refractivity contribution in [3.63, 3.8) is 0 Å². The van der Waals surface area contributed by atoms with E-state index in [0.717, 1.165) is 16.7 Å². The van der Waals surface area contributed by atoms with E-state index in [9.17, 15) is 0 Å². The first-order chi connectivity index (χ1) is 6.25. The average molecular weight is 171 g/mol. The van der Waals surface area contributed by atoms with Crippen molar-refractivity contribution in [2.45, 2.75) is 6.92 Å². The maximum Gasteiger partial charge on any atom is 0.0341 e. The van der Waals surface area contributed by atoms with E-state index in [1.54, 1.807) is 6.20 Å². The van der Waals surface area contributed by atoms with E-state index in [0.29, 0.717) is 0 Å². The molecule has 0 saturated carbocycles. The number of nitrogens with zero attached hydrogens (tertiary/aromatic N) is 1. The molecule has 0 radical (unpaired) electrons. The second-order valence-corrected chi connectivity index (χ2v) is 2.87. The Balaban J connectivity index is 3.10. The third-order valence-corrected chi connectivity index (χ3v) is 1.76. The number of allylic oxidation sites excluding steroid dienone is 2. The molecule has 66 valence electrons. The summed E-state index contributed by atoms with van der Waals surface area (Å²) in [5.74, 6) is 0. The zero-order valence-electron chi connectivity index (χ0n) is 7.83. The van der Waals surface area contributed by atoms with Crippen molar-refractivity contribution in [2.75, 3.05) is 0 Å². The fraction of sp³-hybridized carbons (Fsp3) is 0.0833. The van der Waals surface area contributed by atoms with Crippen molar-refractivity contribution in [2.24, 2.45) is 4.99 Å². The molecular formula is C12H13N. The van der Waals surface area contributed by atoms with E-state index in [1.165, 1.54) is 0 Å². The molecule has 0 aliphatic heterocycles. The highest BCUT2D eigenvalue weighted by molar-refractivity contribution is 5.77. The lowest BCUT2D eigenvalue weighted by molar-refractivity contribution is 1.48. The molecule has 0 aliphatic rings. The lowest BCUT2D eigenvalue weighted by Gasteiger charge is -2.04. The van der Waals surface area contributed by atoms with Crippen LogP contribution in [-0.2, 0) is 0 Å². The van der Waals surface area contributed by atoms with Gasteiger partial charge in [0.05, 0.1) is 0 Å². The van der Waals surface area contributed by atoms with Gasteiger partial charge in [0, 0.05) is 11.8 Å². The topological polar surface area (TPSA) is 12.4 Å². The number of benzene rings is 1. The number of hydrogen-bond donors (Lipinski definition) is 0. The van der Waals surface area contributed by atoms with Gasteiger partial charge in [-0.3, -0.25) is 4.99 Å². The third kappa shape index (κ3) is 2.41. The predicted molar refractivity (Wildman–Crippen MR) is 58.8 cm³/mol. The van der Waals surface area contributed by atoms with Crippen molar-refractivity contribution in [1.82, 2.24) is 0 Å². The number of aliphatic imine (C=N–C) groups is 1. The maximum atomic E-state index is 3.89. The predicted octanol–water partition coefficient (Wildman–Crippen LogP) is 3.30. The van der Waals surface area contributed by atoms with Gasteiger partial charge >= 0.3 is 0 Å². The van der Waals surface area contributed by atoms with Crippen molar-refractivity contribution >= 4 is 12.3 Å².